The van der Waals surface area contributed by atoms with Gasteiger partial charge >= 0.3 is 6.18 Å². The number of aryl methyl sites for hydroxylation is 1. The van der Waals surface area contributed by atoms with Crippen LogP contribution in [0.15, 0.2) is 36.7 Å². The van der Waals surface area contributed by atoms with E-state index >= 15 is 0 Å². The van der Waals surface area contributed by atoms with E-state index in [1.54, 1.807) is 18.0 Å². The molecule has 1 aromatic carbocycles. The van der Waals surface area contributed by atoms with Gasteiger partial charge in [0.1, 0.15) is 17.2 Å². The van der Waals surface area contributed by atoms with Crippen molar-refractivity contribution in [3.63, 3.8) is 0 Å². The number of anilines is 3. The summed E-state index contributed by atoms with van der Waals surface area (Å²) in [6.07, 6.45) is 3.13. The summed E-state index contributed by atoms with van der Waals surface area (Å²) in [6.45, 7) is 0. The van der Waals surface area contributed by atoms with Crippen LogP contribution < -0.4 is 15.4 Å². The Hall–Kier alpha value is -3.76. The number of hydrogen-bond donors (Lipinski definition) is 3. The fourth-order valence-electron chi connectivity index (χ4n) is 4.59. The highest BCUT2D eigenvalue weighted by atomic mass is 19.4. The number of ether oxygens (including phenoxy) is 1. The molecule has 11 heteroatoms. The molecule has 3 heterocycles. The van der Waals surface area contributed by atoms with E-state index in [0.29, 0.717) is 11.4 Å². The highest BCUT2D eigenvalue weighted by molar-refractivity contribution is 5.92. The number of H-pyrrole nitrogens is 1. The summed E-state index contributed by atoms with van der Waals surface area (Å²) in [5.41, 5.74) is 1.73. The van der Waals surface area contributed by atoms with Gasteiger partial charge in [0, 0.05) is 31.0 Å². The molecule has 1 saturated carbocycles. The van der Waals surface area contributed by atoms with Gasteiger partial charge in [-0.25, -0.2) is 0 Å². The van der Waals surface area contributed by atoms with Crippen LogP contribution in [0.4, 0.5) is 30.6 Å². The SMILES string of the molecule is COc1cc(-c2ccnn2C)ccc1Nc1nc(NC2CCCCC2)c2c(C(F)(F)F)c[nH]c2n1. The average molecular weight is 486 g/mol. The first-order chi connectivity index (χ1) is 16.8. The summed E-state index contributed by atoms with van der Waals surface area (Å²) in [6, 6.07) is 7.54. The summed E-state index contributed by atoms with van der Waals surface area (Å²) in [4.78, 5) is 11.5. The van der Waals surface area contributed by atoms with Gasteiger partial charge in [-0.3, -0.25) is 4.68 Å². The molecule has 3 aromatic heterocycles. The van der Waals surface area contributed by atoms with Crippen molar-refractivity contribution < 1.29 is 17.9 Å². The van der Waals surface area contributed by atoms with E-state index in [2.05, 4.69) is 30.7 Å². The Morgan fingerprint density at radius 2 is 1.91 bits per heavy atom. The molecule has 8 nitrogen and oxygen atoms in total. The van der Waals surface area contributed by atoms with Crippen molar-refractivity contribution >= 4 is 28.5 Å². The molecule has 0 amide bonds. The molecule has 184 valence electrons. The Balaban J connectivity index is 1.52. The molecule has 3 N–H and O–H groups in total. The molecule has 0 saturated heterocycles. The Kier molecular flexibility index (Phi) is 6.00. The van der Waals surface area contributed by atoms with Gasteiger partial charge in [0.25, 0.3) is 0 Å². The van der Waals surface area contributed by atoms with Crippen LogP contribution in [0.1, 0.15) is 37.7 Å². The first-order valence-electron chi connectivity index (χ1n) is 11.5. The van der Waals surface area contributed by atoms with Crippen LogP contribution in [0.3, 0.4) is 0 Å². The van der Waals surface area contributed by atoms with Crippen molar-refractivity contribution in [3.8, 4) is 17.0 Å². The number of nitrogens with zero attached hydrogens (tertiary/aromatic N) is 4. The largest absolute Gasteiger partial charge is 0.495 e. The lowest BCUT2D eigenvalue weighted by Crippen LogP contribution is -2.23. The quantitative estimate of drug-likeness (QED) is 0.316. The minimum absolute atomic E-state index is 0.0489. The molecule has 0 aliphatic heterocycles. The minimum Gasteiger partial charge on any atom is -0.495 e. The number of aromatic amines is 1. The summed E-state index contributed by atoms with van der Waals surface area (Å²) < 4.78 is 48.4. The molecule has 4 aromatic rings. The fourth-order valence-corrected chi connectivity index (χ4v) is 4.59. The van der Waals surface area contributed by atoms with Gasteiger partial charge in [-0.15, -0.1) is 0 Å². The first kappa shape index (κ1) is 23.0. The van der Waals surface area contributed by atoms with E-state index in [1.165, 1.54) is 0 Å². The van der Waals surface area contributed by atoms with Crippen LogP contribution in [0.2, 0.25) is 0 Å². The molecule has 0 radical (unpaired) electrons. The molecule has 1 aliphatic carbocycles. The van der Waals surface area contributed by atoms with E-state index in [1.807, 2.05) is 31.3 Å². The number of alkyl halides is 3. The van der Waals surface area contributed by atoms with Gasteiger partial charge in [-0.05, 0) is 31.0 Å². The van der Waals surface area contributed by atoms with Crippen molar-refractivity contribution in [1.82, 2.24) is 24.7 Å². The molecule has 0 bridgehead atoms. The number of benzene rings is 1. The lowest BCUT2D eigenvalue weighted by atomic mass is 9.95. The third kappa shape index (κ3) is 4.62. The van der Waals surface area contributed by atoms with Crippen LogP contribution in [0.5, 0.6) is 5.75 Å². The fraction of sp³-hybridized carbons (Fsp3) is 0.375. The van der Waals surface area contributed by atoms with Crippen LogP contribution in [0.25, 0.3) is 22.3 Å². The van der Waals surface area contributed by atoms with Gasteiger partial charge in [-0.2, -0.15) is 28.2 Å². The molecule has 35 heavy (non-hydrogen) atoms. The summed E-state index contributed by atoms with van der Waals surface area (Å²) in [5.74, 6) is 0.873. The predicted molar refractivity (Wildman–Crippen MR) is 128 cm³/mol. The number of aromatic nitrogens is 5. The highest BCUT2D eigenvalue weighted by Gasteiger charge is 2.36. The smallest absolute Gasteiger partial charge is 0.418 e. The predicted octanol–water partition coefficient (Wildman–Crippen LogP) is 5.87. The standard InChI is InChI=1S/C24H26F3N7O/c1-34-18(10-11-29-34)14-8-9-17(19(12-14)35-2)31-23-32-21-20(16(13-28-21)24(25,26)27)22(33-23)30-15-6-4-3-5-7-15/h8-13,15H,3-7H2,1-2H3,(H3,28,30,31,32,33). The van der Waals surface area contributed by atoms with Crippen LogP contribution in [-0.2, 0) is 13.2 Å². The van der Waals surface area contributed by atoms with Crippen molar-refractivity contribution in [3.05, 3.63) is 42.2 Å². The zero-order valence-electron chi connectivity index (χ0n) is 19.4. The summed E-state index contributed by atoms with van der Waals surface area (Å²) >= 11 is 0. The van der Waals surface area contributed by atoms with E-state index in [0.717, 1.165) is 49.6 Å². The van der Waals surface area contributed by atoms with Gasteiger partial charge in [0.2, 0.25) is 5.95 Å². The minimum atomic E-state index is -4.52. The maximum atomic E-state index is 13.7. The van der Waals surface area contributed by atoms with Crippen LogP contribution in [-0.4, -0.2) is 37.9 Å². The third-order valence-electron chi connectivity index (χ3n) is 6.35. The maximum absolute atomic E-state index is 13.7. The van der Waals surface area contributed by atoms with E-state index in [-0.39, 0.29) is 28.8 Å². The molecule has 1 aliphatic rings. The second-order valence-electron chi connectivity index (χ2n) is 8.68. The van der Waals surface area contributed by atoms with Gasteiger partial charge < -0.3 is 20.4 Å². The van der Waals surface area contributed by atoms with Gasteiger partial charge in [0.05, 0.1) is 29.4 Å². The van der Waals surface area contributed by atoms with Crippen molar-refractivity contribution in [2.45, 2.75) is 44.3 Å². The van der Waals surface area contributed by atoms with E-state index in [9.17, 15) is 13.2 Å². The average Bonchev–Trinajstić information content (AvgIpc) is 3.46. The Bertz CT molecular complexity index is 1340. The molecule has 0 atom stereocenters. The van der Waals surface area contributed by atoms with Gasteiger partial charge in [0.15, 0.2) is 0 Å². The number of halogens is 3. The van der Waals surface area contributed by atoms with Crippen molar-refractivity contribution in [1.29, 1.82) is 0 Å². The number of hydrogen-bond acceptors (Lipinski definition) is 6. The van der Waals surface area contributed by atoms with E-state index < -0.39 is 11.7 Å². The molecule has 1 fully saturated rings. The normalized spacial score (nSPS) is 14.9. The molecule has 0 spiro atoms. The zero-order chi connectivity index (χ0) is 24.6. The second kappa shape index (κ2) is 9.12. The van der Waals surface area contributed by atoms with Crippen LogP contribution >= 0.6 is 0 Å². The van der Waals surface area contributed by atoms with Crippen LogP contribution in [0, 0.1) is 0 Å². The molecule has 5 rings (SSSR count). The Morgan fingerprint density at radius 3 is 2.60 bits per heavy atom. The Morgan fingerprint density at radius 1 is 1.11 bits per heavy atom. The lowest BCUT2D eigenvalue weighted by molar-refractivity contribution is -0.136. The highest BCUT2D eigenvalue weighted by Crippen LogP contribution is 2.39. The molecular formula is C24H26F3N7O. The zero-order valence-corrected chi connectivity index (χ0v) is 19.4. The van der Waals surface area contributed by atoms with Gasteiger partial charge in [-0.1, -0.05) is 25.3 Å². The number of methoxy groups -OCH3 is 1. The monoisotopic (exact) mass is 485 g/mol. The lowest BCUT2D eigenvalue weighted by Gasteiger charge is -2.24. The number of nitrogens with one attached hydrogen (secondary N) is 3. The second-order valence-corrected chi connectivity index (χ2v) is 8.68. The topological polar surface area (TPSA) is 92.7 Å². The number of rotatable bonds is 6. The summed E-state index contributed by atoms with van der Waals surface area (Å²) in [5, 5.41) is 10.5. The van der Waals surface area contributed by atoms with E-state index in [4.69, 9.17) is 4.74 Å². The van der Waals surface area contributed by atoms with Crippen molar-refractivity contribution in [2.75, 3.05) is 17.7 Å². The number of fused-ring (bicyclic) bond motifs is 1. The maximum Gasteiger partial charge on any atom is 0.418 e. The summed E-state index contributed by atoms with van der Waals surface area (Å²) in [7, 11) is 3.40. The Labute approximate surface area is 199 Å². The molecular weight excluding hydrogens is 459 g/mol. The van der Waals surface area contributed by atoms with Crippen molar-refractivity contribution in [2.24, 2.45) is 7.05 Å². The molecule has 0 unspecified atom stereocenters. The first-order valence-corrected chi connectivity index (χ1v) is 11.5. The third-order valence-corrected chi connectivity index (χ3v) is 6.35.